The topological polar surface area (TPSA) is 26.0 Å². The zero-order chi connectivity index (χ0) is 15.6. The number of hydrogen-bond acceptors (Lipinski definition) is 1. The maximum absolute atomic E-state index is 12.9. The Morgan fingerprint density at radius 1 is 1.05 bits per heavy atom. The molecule has 1 atom stereocenters. The largest absolute Gasteiger partial charge is 0.416 e. The first-order valence-corrected chi connectivity index (χ1v) is 6.11. The van der Waals surface area contributed by atoms with E-state index in [4.69, 9.17) is 5.73 Å². The molecule has 1 rings (SSSR count). The van der Waals surface area contributed by atoms with Crippen LogP contribution in [-0.2, 0) is 12.4 Å². The van der Waals surface area contributed by atoms with E-state index < -0.39 is 29.5 Å². The summed E-state index contributed by atoms with van der Waals surface area (Å²) in [6, 6.07) is 0.664. The molecule has 1 aromatic rings. The first kappa shape index (κ1) is 20.1. The normalized spacial score (nSPS) is 13.7. The molecule has 2 N–H and O–H groups in total. The number of benzene rings is 1. The summed E-state index contributed by atoms with van der Waals surface area (Å²) in [6.07, 6.45) is -8.02. The zero-order valence-corrected chi connectivity index (χ0v) is 12.0. The number of alkyl halides is 6. The Kier molecular flexibility index (Phi) is 7.02. The Labute approximate surface area is 124 Å². The van der Waals surface area contributed by atoms with Gasteiger partial charge in [0, 0.05) is 6.04 Å². The molecule has 0 fully saturated rings. The summed E-state index contributed by atoms with van der Waals surface area (Å²) in [5, 5.41) is 0. The van der Waals surface area contributed by atoms with E-state index in [0.717, 1.165) is 12.5 Å². The van der Waals surface area contributed by atoms with Crippen molar-refractivity contribution in [2.45, 2.75) is 44.6 Å². The smallest absolute Gasteiger partial charge is 0.324 e. The minimum atomic E-state index is -4.86. The Hall–Kier alpha value is -0.950. The van der Waals surface area contributed by atoms with Gasteiger partial charge in [-0.2, -0.15) is 26.3 Å². The van der Waals surface area contributed by atoms with Crippen molar-refractivity contribution in [2.24, 2.45) is 5.73 Å². The molecule has 0 unspecified atom stereocenters. The minimum Gasteiger partial charge on any atom is -0.324 e. The molecule has 1 aromatic carbocycles. The van der Waals surface area contributed by atoms with E-state index in [0.29, 0.717) is 18.9 Å². The SMILES string of the molecule is CCCC[C@H](N)c1ccc(C(F)(F)F)cc1C(F)(F)F.Cl. The fraction of sp³-hybridized carbons (Fsp3) is 0.538. The van der Waals surface area contributed by atoms with Crippen molar-refractivity contribution in [3.05, 3.63) is 34.9 Å². The van der Waals surface area contributed by atoms with Gasteiger partial charge in [0.2, 0.25) is 0 Å². The van der Waals surface area contributed by atoms with Crippen molar-refractivity contribution in [1.29, 1.82) is 0 Å². The lowest BCUT2D eigenvalue weighted by Crippen LogP contribution is -2.19. The monoisotopic (exact) mass is 335 g/mol. The van der Waals surface area contributed by atoms with E-state index in [1.807, 2.05) is 6.92 Å². The fourth-order valence-corrected chi connectivity index (χ4v) is 1.88. The summed E-state index contributed by atoms with van der Waals surface area (Å²) in [4.78, 5) is 0. The fourth-order valence-electron chi connectivity index (χ4n) is 1.88. The molecule has 0 aliphatic heterocycles. The number of hydrogen-bond donors (Lipinski definition) is 1. The third-order valence-corrected chi connectivity index (χ3v) is 2.95. The average molecular weight is 336 g/mol. The van der Waals surface area contributed by atoms with Crippen LogP contribution < -0.4 is 5.73 Å². The van der Waals surface area contributed by atoms with Gasteiger partial charge in [-0.1, -0.05) is 25.8 Å². The highest BCUT2D eigenvalue weighted by Crippen LogP contribution is 2.39. The molecule has 0 bridgehead atoms. The van der Waals surface area contributed by atoms with Gasteiger partial charge in [0.1, 0.15) is 0 Å². The van der Waals surface area contributed by atoms with Crippen molar-refractivity contribution in [2.75, 3.05) is 0 Å². The van der Waals surface area contributed by atoms with Gasteiger partial charge in [-0.25, -0.2) is 0 Å². The van der Waals surface area contributed by atoms with Crippen molar-refractivity contribution in [1.82, 2.24) is 0 Å². The van der Waals surface area contributed by atoms with Crippen LogP contribution in [0.5, 0.6) is 0 Å². The van der Waals surface area contributed by atoms with Crippen molar-refractivity contribution >= 4 is 12.4 Å². The molecule has 0 saturated heterocycles. The molecular formula is C13H16ClF6N. The predicted molar refractivity (Wildman–Crippen MR) is 70.1 cm³/mol. The lowest BCUT2D eigenvalue weighted by molar-refractivity contribution is -0.143. The van der Waals surface area contributed by atoms with Crippen LogP contribution in [0.25, 0.3) is 0 Å². The molecule has 8 heteroatoms. The van der Waals surface area contributed by atoms with E-state index in [9.17, 15) is 26.3 Å². The van der Waals surface area contributed by atoms with Gasteiger partial charge < -0.3 is 5.73 Å². The highest BCUT2D eigenvalue weighted by Gasteiger charge is 2.38. The second-order valence-electron chi connectivity index (χ2n) is 4.55. The second kappa shape index (κ2) is 7.35. The predicted octanol–water partition coefficient (Wildman–Crippen LogP) is 5.34. The Morgan fingerprint density at radius 3 is 2.05 bits per heavy atom. The van der Waals surface area contributed by atoms with Gasteiger partial charge in [0.15, 0.2) is 0 Å². The molecule has 0 amide bonds. The van der Waals surface area contributed by atoms with Gasteiger partial charge in [-0.3, -0.25) is 0 Å². The van der Waals surface area contributed by atoms with Crippen LogP contribution in [0.4, 0.5) is 26.3 Å². The van der Waals surface area contributed by atoms with Crippen LogP contribution in [0.15, 0.2) is 18.2 Å². The molecule has 122 valence electrons. The molecule has 21 heavy (non-hydrogen) atoms. The summed E-state index contributed by atoms with van der Waals surface area (Å²) >= 11 is 0. The lowest BCUT2D eigenvalue weighted by Gasteiger charge is -2.20. The summed E-state index contributed by atoms with van der Waals surface area (Å²) < 4.78 is 76.1. The Bertz CT molecular complexity index is 455. The van der Waals surface area contributed by atoms with Crippen LogP contribution in [0.2, 0.25) is 0 Å². The van der Waals surface area contributed by atoms with Gasteiger partial charge >= 0.3 is 12.4 Å². The van der Waals surface area contributed by atoms with Crippen LogP contribution in [0.1, 0.15) is 48.9 Å². The molecule has 0 aromatic heterocycles. The van der Waals surface area contributed by atoms with Crippen LogP contribution in [-0.4, -0.2) is 0 Å². The standard InChI is InChI=1S/C13H15F6N.ClH/c1-2-3-4-11(20)9-6-5-8(12(14,15)16)7-10(9)13(17,18)19;/h5-7,11H,2-4,20H2,1H3;1H/t11-;/m0./s1. The van der Waals surface area contributed by atoms with Crippen molar-refractivity contribution < 1.29 is 26.3 Å². The first-order valence-electron chi connectivity index (χ1n) is 6.11. The molecule has 0 aliphatic carbocycles. The third kappa shape index (κ3) is 5.39. The van der Waals surface area contributed by atoms with E-state index in [2.05, 4.69) is 0 Å². The molecule has 0 aliphatic rings. The summed E-state index contributed by atoms with van der Waals surface area (Å²) in [7, 11) is 0. The molecule has 0 heterocycles. The molecule has 0 saturated carbocycles. The Morgan fingerprint density at radius 2 is 1.62 bits per heavy atom. The van der Waals surface area contributed by atoms with Gasteiger partial charge in [-0.05, 0) is 24.1 Å². The van der Waals surface area contributed by atoms with Gasteiger partial charge in [-0.15, -0.1) is 12.4 Å². The van der Waals surface area contributed by atoms with Crippen molar-refractivity contribution in [3.8, 4) is 0 Å². The average Bonchev–Trinajstić information content (AvgIpc) is 2.33. The summed E-state index contributed by atoms with van der Waals surface area (Å²) in [5.41, 5.74) is 2.73. The highest BCUT2D eigenvalue weighted by atomic mass is 35.5. The lowest BCUT2D eigenvalue weighted by atomic mass is 9.94. The number of halogens is 7. The van der Waals surface area contributed by atoms with Crippen LogP contribution in [0.3, 0.4) is 0 Å². The quantitative estimate of drug-likeness (QED) is 0.739. The summed E-state index contributed by atoms with van der Waals surface area (Å²) in [5.74, 6) is 0. The third-order valence-electron chi connectivity index (χ3n) is 2.95. The maximum Gasteiger partial charge on any atom is 0.416 e. The van der Waals surface area contributed by atoms with Gasteiger partial charge in [0.05, 0.1) is 11.1 Å². The van der Waals surface area contributed by atoms with E-state index in [1.165, 1.54) is 0 Å². The highest BCUT2D eigenvalue weighted by molar-refractivity contribution is 5.85. The number of rotatable bonds is 4. The number of unbranched alkanes of at least 4 members (excludes halogenated alkanes) is 1. The molecule has 1 nitrogen and oxygen atoms in total. The first-order chi connectivity index (χ1) is 9.07. The van der Waals surface area contributed by atoms with Crippen molar-refractivity contribution in [3.63, 3.8) is 0 Å². The van der Waals surface area contributed by atoms with Crippen LogP contribution in [0, 0.1) is 0 Å². The minimum absolute atomic E-state index is 0. The second-order valence-corrected chi connectivity index (χ2v) is 4.55. The molecule has 0 radical (unpaired) electrons. The number of nitrogens with two attached hydrogens (primary N) is 1. The zero-order valence-electron chi connectivity index (χ0n) is 11.2. The van der Waals surface area contributed by atoms with E-state index >= 15 is 0 Å². The van der Waals surface area contributed by atoms with Gasteiger partial charge in [0.25, 0.3) is 0 Å². The maximum atomic E-state index is 12.9. The summed E-state index contributed by atoms with van der Waals surface area (Å²) in [6.45, 7) is 1.85. The Balaban J connectivity index is 0.00000400. The van der Waals surface area contributed by atoms with E-state index in [1.54, 1.807) is 0 Å². The molecule has 0 spiro atoms. The van der Waals surface area contributed by atoms with E-state index in [-0.39, 0.29) is 24.0 Å². The van der Waals surface area contributed by atoms with Crippen LogP contribution >= 0.6 is 12.4 Å². The molecular weight excluding hydrogens is 320 g/mol.